The molecule has 0 radical (unpaired) electrons. The van der Waals surface area contributed by atoms with Crippen LogP contribution in [0.5, 0.6) is 5.75 Å². The number of hydrogen-bond acceptors (Lipinski definition) is 3. The Bertz CT molecular complexity index is 456. The summed E-state index contributed by atoms with van der Waals surface area (Å²) in [5, 5.41) is 7.49. The summed E-state index contributed by atoms with van der Waals surface area (Å²) in [6.07, 6.45) is 3.74. The zero-order valence-electron chi connectivity index (χ0n) is 12.5. The van der Waals surface area contributed by atoms with Gasteiger partial charge in [-0.05, 0) is 69.5 Å². The van der Waals surface area contributed by atoms with Crippen molar-refractivity contribution in [1.82, 2.24) is 4.90 Å². The molecule has 3 N–H and O–H groups in total. The first kappa shape index (κ1) is 14.9. The molecule has 0 saturated carbocycles. The Hall–Kier alpha value is -1.55. The number of ether oxygens (including phenoxy) is 1. The molecule has 4 nitrogen and oxygen atoms in total. The predicted octanol–water partition coefficient (Wildman–Crippen LogP) is 2.45. The highest BCUT2D eigenvalue weighted by Gasteiger charge is 2.11. The fraction of sp³-hybridized carbons (Fsp3) is 0.562. The minimum atomic E-state index is 0.108. The number of nitrogens with one attached hydrogen (secondary N) is 1. The maximum Gasteiger partial charge on any atom is 0.125 e. The molecule has 0 aromatic heterocycles. The lowest BCUT2D eigenvalue weighted by Gasteiger charge is -2.16. The van der Waals surface area contributed by atoms with Crippen LogP contribution in [0.25, 0.3) is 0 Å². The largest absolute Gasteiger partial charge is 0.493 e. The first-order valence-electron chi connectivity index (χ1n) is 7.38. The van der Waals surface area contributed by atoms with Crippen LogP contribution in [0.2, 0.25) is 0 Å². The fourth-order valence-corrected chi connectivity index (χ4v) is 2.80. The van der Waals surface area contributed by atoms with Gasteiger partial charge in [0.05, 0.1) is 6.61 Å². The van der Waals surface area contributed by atoms with Crippen molar-refractivity contribution in [3.8, 4) is 5.75 Å². The van der Waals surface area contributed by atoms with E-state index in [2.05, 4.69) is 4.90 Å². The molecule has 1 saturated heterocycles. The molecule has 2 rings (SSSR count). The molecule has 4 heteroatoms. The van der Waals surface area contributed by atoms with Crippen molar-refractivity contribution in [2.24, 2.45) is 5.73 Å². The van der Waals surface area contributed by atoms with E-state index in [1.807, 2.05) is 26.0 Å². The predicted molar refractivity (Wildman–Crippen MR) is 82.7 cm³/mol. The molecule has 0 aliphatic carbocycles. The topological polar surface area (TPSA) is 62.3 Å². The van der Waals surface area contributed by atoms with Crippen LogP contribution in [0, 0.1) is 19.3 Å². The molecular weight excluding hydrogens is 250 g/mol. The molecule has 1 aromatic rings. The third kappa shape index (κ3) is 3.73. The Morgan fingerprint density at radius 3 is 2.40 bits per heavy atom. The summed E-state index contributed by atoms with van der Waals surface area (Å²) in [6.45, 7) is 8.38. The van der Waals surface area contributed by atoms with E-state index in [0.29, 0.717) is 0 Å². The van der Waals surface area contributed by atoms with Gasteiger partial charge in [0, 0.05) is 12.1 Å². The maximum atomic E-state index is 7.49. The van der Waals surface area contributed by atoms with Crippen LogP contribution >= 0.6 is 0 Å². The van der Waals surface area contributed by atoms with E-state index in [-0.39, 0.29) is 5.84 Å². The van der Waals surface area contributed by atoms with Crippen molar-refractivity contribution in [2.75, 3.05) is 26.2 Å². The Balaban J connectivity index is 1.87. The Morgan fingerprint density at radius 1 is 1.25 bits per heavy atom. The molecule has 0 spiro atoms. The van der Waals surface area contributed by atoms with Crippen molar-refractivity contribution >= 4 is 5.84 Å². The van der Waals surface area contributed by atoms with Gasteiger partial charge in [0.25, 0.3) is 0 Å². The van der Waals surface area contributed by atoms with E-state index < -0.39 is 0 Å². The van der Waals surface area contributed by atoms with Gasteiger partial charge in [-0.1, -0.05) is 0 Å². The molecule has 0 amide bonds. The summed E-state index contributed by atoms with van der Waals surface area (Å²) >= 11 is 0. The van der Waals surface area contributed by atoms with Crippen LogP contribution in [0.1, 0.15) is 36.0 Å². The molecule has 1 aromatic carbocycles. The van der Waals surface area contributed by atoms with Gasteiger partial charge in [0.2, 0.25) is 0 Å². The van der Waals surface area contributed by atoms with E-state index in [1.165, 1.54) is 25.9 Å². The van der Waals surface area contributed by atoms with Gasteiger partial charge in [0.1, 0.15) is 11.6 Å². The molecule has 110 valence electrons. The lowest BCUT2D eigenvalue weighted by Crippen LogP contribution is -2.22. The summed E-state index contributed by atoms with van der Waals surface area (Å²) in [5.41, 5.74) is 8.40. The van der Waals surface area contributed by atoms with Crippen molar-refractivity contribution in [3.63, 3.8) is 0 Å². The summed E-state index contributed by atoms with van der Waals surface area (Å²) in [7, 11) is 0. The number of amidine groups is 1. The molecule has 0 unspecified atom stereocenters. The average molecular weight is 275 g/mol. The van der Waals surface area contributed by atoms with Crippen LogP contribution in [-0.4, -0.2) is 37.0 Å². The number of nitrogens with zero attached hydrogens (tertiary/aromatic N) is 1. The number of rotatable bonds is 6. The summed E-state index contributed by atoms with van der Waals surface area (Å²) < 4.78 is 5.92. The van der Waals surface area contributed by atoms with Crippen LogP contribution in [0.15, 0.2) is 12.1 Å². The van der Waals surface area contributed by atoms with Gasteiger partial charge >= 0.3 is 0 Å². The van der Waals surface area contributed by atoms with E-state index in [1.54, 1.807) is 0 Å². The number of nitrogens with two attached hydrogens (primary N) is 1. The zero-order chi connectivity index (χ0) is 14.5. The van der Waals surface area contributed by atoms with E-state index in [0.717, 1.165) is 42.0 Å². The van der Waals surface area contributed by atoms with Crippen molar-refractivity contribution < 1.29 is 4.74 Å². The number of likely N-dealkylation sites (tertiary alicyclic amines) is 1. The number of benzene rings is 1. The SMILES string of the molecule is Cc1cc(C(=N)N)cc(C)c1OCCCN1CCCC1. The van der Waals surface area contributed by atoms with E-state index in [4.69, 9.17) is 15.9 Å². The van der Waals surface area contributed by atoms with Gasteiger partial charge in [-0.15, -0.1) is 0 Å². The molecule has 0 bridgehead atoms. The van der Waals surface area contributed by atoms with Gasteiger partial charge in [-0.2, -0.15) is 0 Å². The van der Waals surface area contributed by atoms with Crippen LogP contribution in [0.4, 0.5) is 0 Å². The molecule has 20 heavy (non-hydrogen) atoms. The van der Waals surface area contributed by atoms with E-state index in [9.17, 15) is 0 Å². The third-order valence-corrected chi connectivity index (χ3v) is 3.84. The van der Waals surface area contributed by atoms with Gasteiger partial charge in [0.15, 0.2) is 0 Å². The average Bonchev–Trinajstić information content (AvgIpc) is 2.89. The first-order valence-corrected chi connectivity index (χ1v) is 7.38. The van der Waals surface area contributed by atoms with Crippen LogP contribution in [-0.2, 0) is 0 Å². The molecule has 1 aliphatic rings. The Labute approximate surface area is 121 Å². The number of nitrogen functional groups attached to an aromatic ring is 1. The minimum absolute atomic E-state index is 0.108. The van der Waals surface area contributed by atoms with Crippen molar-refractivity contribution in [3.05, 3.63) is 28.8 Å². The highest BCUT2D eigenvalue weighted by molar-refractivity contribution is 5.95. The summed E-state index contributed by atoms with van der Waals surface area (Å²) in [6, 6.07) is 3.84. The first-order chi connectivity index (χ1) is 9.58. The highest BCUT2D eigenvalue weighted by atomic mass is 16.5. The second kappa shape index (κ2) is 6.75. The molecule has 0 atom stereocenters. The Morgan fingerprint density at radius 2 is 1.85 bits per heavy atom. The van der Waals surface area contributed by atoms with Crippen molar-refractivity contribution in [2.45, 2.75) is 33.1 Å². The summed E-state index contributed by atoms with van der Waals surface area (Å²) in [4.78, 5) is 2.50. The second-order valence-electron chi connectivity index (χ2n) is 5.60. The quantitative estimate of drug-likeness (QED) is 0.476. The third-order valence-electron chi connectivity index (χ3n) is 3.84. The molecule has 1 fully saturated rings. The standard InChI is InChI=1S/C16H25N3O/c1-12-10-14(16(17)18)11-13(2)15(12)20-9-5-8-19-6-3-4-7-19/h10-11H,3-9H2,1-2H3,(H3,17,18). The van der Waals surface area contributed by atoms with Gasteiger partial charge < -0.3 is 15.4 Å². The second-order valence-corrected chi connectivity index (χ2v) is 5.60. The van der Waals surface area contributed by atoms with Gasteiger partial charge in [-0.3, -0.25) is 5.41 Å². The highest BCUT2D eigenvalue weighted by Crippen LogP contribution is 2.24. The van der Waals surface area contributed by atoms with Crippen LogP contribution < -0.4 is 10.5 Å². The number of aryl methyl sites for hydroxylation is 2. The Kier molecular flexibility index (Phi) is 5.01. The maximum absolute atomic E-state index is 7.49. The fourth-order valence-electron chi connectivity index (χ4n) is 2.80. The van der Waals surface area contributed by atoms with Crippen molar-refractivity contribution in [1.29, 1.82) is 5.41 Å². The summed E-state index contributed by atoms with van der Waals surface area (Å²) in [5.74, 6) is 1.05. The zero-order valence-corrected chi connectivity index (χ0v) is 12.5. The number of hydrogen-bond donors (Lipinski definition) is 2. The van der Waals surface area contributed by atoms with Gasteiger partial charge in [-0.25, -0.2) is 0 Å². The minimum Gasteiger partial charge on any atom is -0.493 e. The van der Waals surface area contributed by atoms with Crippen LogP contribution in [0.3, 0.4) is 0 Å². The molecule has 1 heterocycles. The lowest BCUT2D eigenvalue weighted by atomic mass is 10.1. The normalized spacial score (nSPS) is 15.5. The lowest BCUT2D eigenvalue weighted by molar-refractivity contribution is 0.261. The molecular formula is C16H25N3O. The molecule has 1 aliphatic heterocycles. The van der Waals surface area contributed by atoms with E-state index >= 15 is 0 Å². The smallest absolute Gasteiger partial charge is 0.125 e. The monoisotopic (exact) mass is 275 g/mol.